The molecule has 2 atom stereocenters. The van der Waals surface area contributed by atoms with Crippen LogP contribution in [0.2, 0.25) is 0 Å². The van der Waals surface area contributed by atoms with E-state index < -0.39 is 26.5 Å². The second-order valence-corrected chi connectivity index (χ2v) is 25.3. The summed E-state index contributed by atoms with van der Waals surface area (Å²) < 4.78 is 34.7. The topological polar surface area (TPSA) is 108 Å². The van der Waals surface area contributed by atoms with Crippen LogP contribution in [0.3, 0.4) is 0 Å². The third-order valence-electron chi connectivity index (χ3n) is 14.4. The highest BCUT2D eigenvalue weighted by Crippen LogP contribution is 2.43. The quantitative estimate of drug-likeness (QED) is 0.0211. The Bertz CT molecular complexity index is 1960. The maximum atomic E-state index is 12.9. The van der Waals surface area contributed by atoms with E-state index in [1.54, 1.807) is 0 Å². The number of phosphoric acid groups is 1. The van der Waals surface area contributed by atoms with Crippen LogP contribution in [-0.4, -0.2) is 74.9 Å². The first-order chi connectivity index (χ1) is 42.0. The van der Waals surface area contributed by atoms with Crippen molar-refractivity contribution in [1.29, 1.82) is 0 Å². The molecule has 0 rings (SSSR count). The molecule has 1 N–H and O–H groups in total. The highest BCUT2D eigenvalue weighted by Gasteiger charge is 2.27. The van der Waals surface area contributed by atoms with Crippen molar-refractivity contribution >= 4 is 19.8 Å². The summed E-state index contributed by atoms with van der Waals surface area (Å²) >= 11 is 0. The summed E-state index contributed by atoms with van der Waals surface area (Å²) in [4.78, 5) is 35.9. The maximum absolute atomic E-state index is 12.9. The Labute approximate surface area is 529 Å². The predicted octanol–water partition coefficient (Wildman–Crippen LogP) is 22.6. The molecule has 9 nitrogen and oxygen atoms in total. The van der Waals surface area contributed by atoms with Gasteiger partial charge in [0.1, 0.15) is 19.8 Å². The molecular formula is C76H129NO8P+. The van der Waals surface area contributed by atoms with Crippen molar-refractivity contribution in [2.75, 3.05) is 47.5 Å². The van der Waals surface area contributed by atoms with E-state index >= 15 is 0 Å². The van der Waals surface area contributed by atoms with Crippen molar-refractivity contribution in [2.24, 2.45) is 0 Å². The minimum absolute atomic E-state index is 0.0248. The highest BCUT2D eigenvalue weighted by molar-refractivity contribution is 7.47. The third kappa shape index (κ3) is 69.0. The molecule has 0 fully saturated rings. The van der Waals surface area contributed by atoms with Crippen molar-refractivity contribution in [3.8, 4) is 0 Å². The summed E-state index contributed by atoms with van der Waals surface area (Å²) in [6, 6.07) is 0. The second kappa shape index (κ2) is 65.3. The highest BCUT2D eigenvalue weighted by atomic mass is 31.2. The number of ether oxygens (including phenoxy) is 2. The zero-order valence-corrected chi connectivity index (χ0v) is 56.6. The predicted molar refractivity (Wildman–Crippen MR) is 371 cm³/mol. The summed E-state index contributed by atoms with van der Waals surface area (Å²) in [6.45, 7) is 4.21. The monoisotopic (exact) mass is 1210 g/mol. The first-order valence-electron chi connectivity index (χ1n) is 34.6. The van der Waals surface area contributed by atoms with Crippen LogP contribution in [0, 0.1) is 0 Å². The summed E-state index contributed by atoms with van der Waals surface area (Å²) in [5.74, 6) is -0.805. The van der Waals surface area contributed by atoms with Gasteiger partial charge in [-0.3, -0.25) is 18.6 Å². The number of allylic oxidation sites excluding steroid dienone is 24. The zero-order chi connectivity index (χ0) is 62.6. The molecule has 0 saturated heterocycles. The van der Waals surface area contributed by atoms with Crippen LogP contribution in [0.15, 0.2) is 146 Å². The molecule has 10 heteroatoms. The lowest BCUT2D eigenvalue weighted by Gasteiger charge is -2.24. The fourth-order valence-electron chi connectivity index (χ4n) is 9.14. The Balaban J connectivity index is 4.10. The minimum Gasteiger partial charge on any atom is -0.462 e. The molecule has 0 aliphatic carbocycles. The summed E-state index contributed by atoms with van der Waals surface area (Å²) in [5.41, 5.74) is 0. The average Bonchev–Trinajstić information content (AvgIpc) is 3.56. The van der Waals surface area contributed by atoms with Crippen LogP contribution in [0.25, 0.3) is 0 Å². The van der Waals surface area contributed by atoms with Crippen LogP contribution < -0.4 is 0 Å². The van der Waals surface area contributed by atoms with Gasteiger partial charge in [-0.05, 0) is 116 Å². The number of rotatable bonds is 62. The molecule has 490 valence electrons. The van der Waals surface area contributed by atoms with Crippen molar-refractivity contribution in [3.63, 3.8) is 0 Å². The van der Waals surface area contributed by atoms with Crippen LogP contribution in [-0.2, 0) is 32.7 Å². The molecule has 0 spiro atoms. The van der Waals surface area contributed by atoms with Gasteiger partial charge in [0.2, 0.25) is 0 Å². The van der Waals surface area contributed by atoms with Crippen LogP contribution >= 0.6 is 7.82 Å². The normalized spacial score (nSPS) is 14.1. The number of hydrogen-bond donors (Lipinski definition) is 1. The van der Waals surface area contributed by atoms with E-state index in [0.29, 0.717) is 17.4 Å². The van der Waals surface area contributed by atoms with Gasteiger partial charge in [-0.1, -0.05) is 288 Å². The van der Waals surface area contributed by atoms with E-state index in [9.17, 15) is 19.0 Å². The second-order valence-electron chi connectivity index (χ2n) is 23.8. The number of esters is 2. The Morgan fingerprint density at radius 3 is 0.930 bits per heavy atom. The van der Waals surface area contributed by atoms with Gasteiger partial charge < -0.3 is 18.9 Å². The number of carbonyl (C=O) groups excluding carboxylic acids is 2. The van der Waals surface area contributed by atoms with E-state index in [-0.39, 0.29) is 32.0 Å². The number of nitrogens with zero attached hydrogens (tertiary/aromatic N) is 1. The first-order valence-corrected chi connectivity index (χ1v) is 36.1. The molecule has 0 saturated carbocycles. The van der Waals surface area contributed by atoms with E-state index in [0.717, 1.165) is 116 Å². The van der Waals surface area contributed by atoms with E-state index in [2.05, 4.69) is 160 Å². The van der Waals surface area contributed by atoms with E-state index in [1.165, 1.54) is 122 Å². The Hall–Kier alpha value is -4.11. The zero-order valence-electron chi connectivity index (χ0n) is 55.7. The molecule has 2 unspecified atom stereocenters. The van der Waals surface area contributed by atoms with Crippen molar-refractivity contribution in [1.82, 2.24) is 0 Å². The van der Waals surface area contributed by atoms with E-state index in [1.807, 2.05) is 21.1 Å². The van der Waals surface area contributed by atoms with Crippen molar-refractivity contribution < 1.29 is 42.1 Å². The lowest BCUT2D eigenvalue weighted by molar-refractivity contribution is -0.870. The lowest BCUT2D eigenvalue weighted by Crippen LogP contribution is -2.37. The summed E-state index contributed by atoms with van der Waals surface area (Å²) in [5, 5.41) is 0. The van der Waals surface area contributed by atoms with Gasteiger partial charge in [-0.2, -0.15) is 0 Å². The molecule has 0 aliphatic rings. The Morgan fingerprint density at radius 1 is 0.360 bits per heavy atom. The largest absolute Gasteiger partial charge is 0.472 e. The lowest BCUT2D eigenvalue weighted by atomic mass is 10.0. The summed E-state index contributed by atoms with van der Waals surface area (Å²) in [7, 11) is 1.46. The molecule has 0 aromatic carbocycles. The van der Waals surface area contributed by atoms with Gasteiger partial charge in [0.05, 0.1) is 27.7 Å². The number of phosphoric ester groups is 1. The number of quaternary nitrogens is 1. The van der Waals surface area contributed by atoms with Crippen molar-refractivity contribution in [2.45, 2.75) is 277 Å². The van der Waals surface area contributed by atoms with Gasteiger partial charge in [0, 0.05) is 12.8 Å². The Morgan fingerprint density at radius 2 is 0.628 bits per heavy atom. The van der Waals surface area contributed by atoms with Gasteiger partial charge in [-0.25, -0.2) is 4.57 Å². The SMILES string of the molecule is CC/C=C\C/C=C\C/C=C\C/C=C\C/C=C\C/C=C\C/C=C\CCCCCCCCCCCCCCCC(=O)OC(COC(=O)CCCCCCCCCCCCC/C=C\C/C=C\C/C=C\C/C=C\C/C=C\CC)COP(=O)(O)OCC[N+](C)(C)C. The molecule has 0 bridgehead atoms. The summed E-state index contributed by atoms with van der Waals surface area (Å²) in [6.07, 6.45) is 96.5. The fourth-order valence-corrected chi connectivity index (χ4v) is 9.88. The molecule has 0 radical (unpaired) electrons. The van der Waals surface area contributed by atoms with Crippen molar-refractivity contribution in [3.05, 3.63) is 146 Å². The standard InChI is InChI=1S/C76H128NO8P/c1-6-8-10-12-14-16-18-20-22-24-26-28-30-32-34-35-36-37-38-39-40-41-43-45-47-49-51-53-55-57-59-61-63-65-67-69-76(79)85-74(73-84-86(80,81)83-71-70-77(3,4)5)72-82-75(78)68-66-64-62-60-58-56-54-52-50-48-46-44-42-33-31-29-27-25-23-21-19-17-15-13-11-9-7-2/h8-11,14-17,20-23,26-29,32-34,36-37,39-40,42,74H,6-7,12-13,18-19,24-25,30-31,35,38,41,43-73H2,1-5H3/p+1/b10-8-,11-9-,16-14-,17-15-,22-20-,23-21-,28-26-,29-27-,34-32-,37-36-,40-39-,42-33-. The van der Waals surface area contributed by atoms with Crippen LogP contribution in [0.1, 0.15) is 271 Å². The van der Waals surface area contributed by atoms with Crippen LogP contribution in [0.4, 0.5) is 0 Å². The number of unbranched alkanes of at least 4 members (excludes halogenated alkanes) is 24. The number of hydrogen-bond acceptors (Lipinski definition) is 7. The van der Waals surface area contributed by atoms with E-state index in [4.69, 9.17) is 18.5 Å². The average molecular weight is 1220 g/mol. The van der Waals surface area contributed by atoms with Gasteiger partial charge >= 0.3 is 19.8 Å². The first kappa shape index (κ1) is 81.9. The van der Waals surface area contributed by atoms with Gasteiger partial charge in [0.15, 0.2) is 6.10 Å². The smallest absolute Gasteiger partial charge is 0.462 e. The number of carbonyl (C=O) groups is 2. The Kier molecular flexibility index (Phi) is 62.2. The molecular weight excluding hydrogens is 1090 g/mol. The van der Waals surface area contributed by atoms with Gasteiger partial charge in [-0.15, -0.1) is 0 Å². The molecule has 0 aromatic heterocycles. The molecule has 0 heterocycles. The van der Waals surface area contributed by atoms with Crippen LogP contribution in [0.5, 0.6) is 0 Å². The molecule has 86 heavy (non-hydrogen) atoms. The number of likely N-dealkylation sites (N-methyl/N-ethyl adjacent to an activating group) is 1. The fraction of sp³-hybridized carbons (Fsp3) is 0.658. The molecule has 0 aromatic rings. The third-order valence-corrected chi connectivity index (χ3v) is 15.3. The molecule has 0 aliphatic heterocycles. The van der Waals surface area contributed by atoms with Gasteiger partial charge in [0.25, 0.3) is 0 Å². The minimum atomic E-state index is -4.40. The maximum Gasteiger partial charge on any atom is 0.472 e. The molecule has 0 amide bonds.